The van der Waals surface area contributed by atoms with Crippen molar-refractivity contribution >= 4 is 29.3 Å². The molecule has 1 aliphatic rings. The molecule has 3 aromatic carbocycles. The number of para-hydroxylation sites is 3. The summed E-state index contributed by atoms with van der Waals surface area (Å²) in [5, 5.41) is 2.82. The number of hydrogen-bond acceptors (Lipinski definition) is 5. The molecular formula is C27H22N2O4S. The summed E-state index contributed by atoms with van der Waals surface area (Å²) >= 11 is 1.57. The van der Waals surface area contributed by atoms with E-state index >= 15 is 0 Å². The molecule has 1 aromatic heterocycles. The highest BCUT2D eigenvalue weighted by atomic mass is 32.2. The Morgan fingerprint density at radius 3 is 2.50 bits per heavy atom. The molecule has 0 radical (unpaired) electrons. The first-order valence-electron chi connectivity index (χ1n) is 10.8. The first kappa shape index (κ1) is 21.9. The quantitative estimate of drug-likeness (QED) is 0.353. The Labute approximate surface area is 201 Å². The summed E-state index contributed by atoms with van der Waals surface area (Å²) in [5.74, 6) is 2.25. The zero-order chi connectivity index (χ0) is 23.3. The van der Waals surface area contributed by atoms with Gasteiger partial charge in [0.2, 0.25) is 5.91 Å². The van der Waals surface area contributed by atoms with Crippen LogP contribution in [0.1, 0.15) is 27.1 Å². The fourth-order valence-corrected chi connectivity index (χ4v) is 4.93. The number of carbonyl (C=O) groups is 2. The minimum atomic E-state index is -0.238. The fraction of sp³-hybridized carbons (Fsp3) is 0.111. The lowest BCUT2D eigenvalue weighted by Gasteiger charge is -2.23. The van der Waals surface area contributed by atoms with E-state index < -0.39 is 0 Å². The Morgan fingerprint density at radius 1 is 0.971 bits per heavy atom. The number of hydrogen-bond donors (Lipinski definition) is 1. The smallest absolute Gasteiger partial charge is 0.255 e. The molecule has 0 unspecified atom stereocenters. The predicted octanol–water partition coefficient (Wildman–Crippen LogP) is 6.10. The van der Waals surface area contributed by atoms with Gasteiger partial charge in [0.1, 0.15) is 16.9 Å². The van der Waals surface area contributed by atoms with Crippen molar-refractivity contribution in [2.45, 2.75) is 11.9 Å². The first-order chi connectivity index (χ1) is 16.7. The molecule has 1 aliphatic heterocycles. The molecule has 7 heteroatoms. The van der Waals surface area contributed by atoms with Crippen molar-refractivity contribution in [3.05, 3.63) is 114 Å². The summed E-state index contributed by atoms with van der Waals surface area (Å²) in [6.45, 7) is 0.421. The second-order valence-electron chi connectivity index (χ2n) is 7.75. The molecule has 1 N–H and O–H groups in total. The highest BCUT2D eigenvalue weighted by Crippen LogP contribution is 2.39. The second kappa shape index (κ2) is 9.89. The van der Waals surface area contributed by atoms with E-state index in [0.29, 0.717) is 35.0 Å². The number of furan rings is 1. The third-order valence-corrected chi connectivity index (χ3v) is 6.69. The second-order valence-corrected chi connectivity index (χ2v) is 8.82. The Kier molecular flexibility index (Phi) is 6.35. The number of rotatable bonds is 7. The van der Waals surface area contributed by atoms with Crippen molar-refractivity contribution in [3.63, 3.8) is 0 Å². The van der Waals surface area contributed by atoms with Crippen LogP contribution in [0.5, 0.6) is 11.5 Å². The third-order valence-electron chi connectivity index (χ3n) is 5.44. The monoisotopic (exact) mass is 470 g/mol. The van der Waals surface area contributed by atoms with Gasteiger partial charge in [0.05, 0.1) is 24.2 Å². The molecule has 0 aliphatic carbocycles. The predicted molar refractivity (Wildman–Crippen MR) is 132 cm³/mol. The molecular weight excluding hydrogens is 448 g/mol. The van der Waals surface area contributed by atoms with Crippen LogP contribution in [0.4, 0.5) is 5.69 Å². The van der Waals surface area contributed by atoms with E-state index in [9.17, 15) is 9.59 Å². The van der Waals surface area contributed by atoms with Crippen LogP contribution in [0.2, 0.25) is 0 Å². The number of carbonyl (C=O) groups excluding carboxylic acids is 2. The summed E-state index contributed by atoms with van der Waals surface area (Å²) in [7, 11) is 0. The van der Waals surface area contributed by atoms with Gasteiger partial charge in [-0.3, -0.25) is 9.59 Å². The first-order valence-corrected chi connectivity index (χ1v) is 11.9. The lowest BCUT2D eigenvalue weighted by molar-refractivity contribution is -0.128. The van der Waals surface area contributed by atoms with E-state index in [4.69, 9.17) is 9.15 Å². The van der Waals surface area contributed by atoms with Crippen molar-refractivity contribution in [3.8, 4) is 11.5 Å². The standard InChI is InChI=1S/C27H22N2O4S/c30-25-18-34-27(29(25)17-22-9-6-16-32-22)20-14-12-19(13-15-20)26(31)28-23-10-4-5-11-24(23)33-21-7-2-1-3-8-21/h1-16,27H,17-18H2,(H,28,31)/t27-/m0/s1. The zero-order valence-corrected chi connectivity index (χ0v) is 19.0. The highest BCUT2D eigenvalue weighted by molar-refractivity contribution is 8.00. The van der Waals surface area contributed by atoms with Gasteiger partial charge in [-0.2, -0.15) is 0 Å². The molecule has 6 nitrogen and oxygen atoms in total. The van der Waals surface area contributed by atoms with Crippen LogP contribution in [0.15, 0.2) is 102 Å². The van der Waals surface area contributed by atoms with Crippen LogP contribution >= 0.6 is 11.8 Å². The van der Waals surface area contributed by atoms with Gasteiger partial charge < -0.3 is 19.4 Å². The molecule has 34 heavy (non-hydrogen) atoms. The van der Waals surface area contributed by atoms with E-state index in [1.54, 1.807) is 41.1 Å². The van der Waals surface area contributed by atoms with Gasteiger partial charge in [-0.05, 0) is 54.1 Å². The van der Waals surface area contributed by atoms with Crippen LogP contribution in [0, 0.1) is 0 Å². The average Bonchev–Trinajstić information content (AvgIpc) is 3.51. The normalized spacial score (nSPS) is 15.4. The Hall–Kier alpha value is -3.97. The number of benzene rings is 3. The van der Waals surface area contributed by atoms with Gasteiger partial charge in [-0.1, -0.05) is 42.5 Å². The number of amides is 2. The van der Waals surface area contributed by atoms with Gasteiger partial charge >= 0.3 is 0 Å². The lowest BCUT2D eigenvalue weighted by Crippen LogP contribution is -2.27. The van der Waals surface area contributed by atoms with Crippen LogP contribution in [0.25, 0.3) is 0 Å². The van der Waals surface area contributed by atoms with Gasteiger partial charge in [0.25, 0.3) is 5.91 Å². The Balaban J connectivity index is 1.29. The average molecular weight is 471 g/mol. The summed E-state index contributed by atoms with van der Waals surface area (Å²) in [4.78, 5) is 27.1. The summed E-state index contributed by atoms with van der Waals surface area (Å²) in [6, 6.07) is 27.8. The van der Waals surface area contributed by atoms with Crippen molar-refractivity contribution in [2.75, 3.05) is 11.1 Å². The van der Waals surface area contributed by atoms with Crippen LogP contribution in [-0.2, 0) is 11.3 Å². The molecule has 5 rings (SSSR count). The van der Waals surface area contributed by atoms with Gasteiger partial charge in [0.15, 0.2) is 5.75 Å². The molecule has 170 valence electrons. The molecule has 1 fully saturated rings. The molecule has 4 aromatic rings. The number of thioether (sulfide) groups is 1. The fourth-order valence-electron chi connectivity index (χ4n) is 3.74. The molecule has 0 saturated carbocycles. The maximum absolute atomic E-state index is 12.9. The van der Waals surface area contributed by atoms with Gasteiger partial charge in [-0.25, -0.2) is 0 Å². The largest absolute Gasteiger partial charge is 0.467 e. The van der Waals surface area contributed by atoms with E-state index in [2.05, 4.69) is 5.32 Å². The molecule has 0 spiro atoms. The maximum atomic E-state index is 12.9. The number of nitrogens with zero attached hydrogens (tertiary/aromatic N) is 1. The van der Waals surface area contributed by atoms with E-state index in [1.165, 1.54) is 0 Å². The number of anilines is 1. The Bertz CT molecular complexity index is 1270. The third kappa shape index (κ3) is 4.84. The highest BCUT2D eigenvalue weighted by Gasteiger charge is 2.33. The van der Waals surface area contributed by atoms with Gasteiger partial charge in [-0.15, -0.1) is 11.8 Å². The molecule has 0 bridgehead atoms. The summed E-state index contributed by atoms with van der Waals surface area (Å²) in [6.07, 6.45) is 1.61. The number of ether oxygens (including phenoxy) is 1. The number of nitrogens with one attached hydrogen (secondary N) is 1. The van der Waals surface area contributed by atoms with Crippen molar-refractivity contribution in [2.24, 2.45) is 0 Å². The molecule has 1 atom stereocenters. The van der Waals surface area contributed by atoms with Crippen LogP contribution in [0.3, 0.4) is 0 Å². The van der Waals surface area contributed by atoms with Gasteiger partial charge in [0, 0.05) is 5.56 Å². The van der Waals surface area contributed by atoms with Crippen LogP contribution < -0.4 is 10.1 Å². The summed E-state index contributed by atoms with van der Waals surface area (Å²) < 4.78 is 11.4. The molecule has 1 saturated heterocycles. The summed E-state index contributed by atoms with van der Waals surface area (Å²) in [5.41, 5.74) is 2.07. The van der Waals surface area contributed by atoms with E-state index in [-0.39, 0.29) is 17.2 Å². The van der Waals surface area contributed by atoms with E-state index in [1.807, 2.05) is 72.8 Å². The van der Waals surface area contributed by atoms with Crippen LogP contribution in [-0.4, -0.2) is 22.5 Å². The maximum Gasteiger partial charge on any atom is 0.255 e. The minimum absolute atomic E-state index is 0.0724. The SMILES string of the molecule is O=C(Nc1ccccc1Oc1ccccc1)c1ccc([C@@H]2SCC(=O)N2Cc2ccco2)cc1. The topological polar surface area (TPSA) is 71.8 Å². The van der Waals surface area contributed by atoms with E-state index in [0.717, 1.165) is 11.3 Å². The zero-order valence-electron chi connectivity index (χ0n) is 18.2. The van der Waals surface area contributed by atoms with Crippen molar-refractivity contribution < 1.29 is 18.7 Å². The molecule has 2 heterocycles. The molecule has 2 amide bonds. The lowest BCUT2D eigenvalue weighted by atomic mass is 10.1. The van der Waals surface area contributed by atoms with Crippen molar-refractivity contribution in [1.29, 1.82) is 0 Å². The minimum Gasteiger partial charge on any atom is -0.467 e. The Morgan fingerprint density at radius 2 is 1.74 bits per heavy atom. The van der Waals surface area contributed by atoms with Crippen molar-refractivity contribution in [1.82, 2.24) is 4.90 Å².